The van der Waals surface area contributed by atoms with Gasteiger partial charge in [-0.1, -0.05) is 15.9 Å². The zero-order valence-electron chi connectivity index (χ0n) is 12.8. The second kappa shape index (κ2) is 6.82. The smallest absolute Gasteiger partial charge is 0.254 e. The molecule has 0 radical (unpaired) electrons. The number of nitrogens with one attached hydrogen (secondary N) is 2. The second-order valence-corrected chi connectivity index (χ2v) is 6.64. The topological polar surface area (TPSA) is 79.2 Å². The zero-order chi connectivity index (χ0) is 16.4. The lowest BCUT2D eigenvalue weighted by Gasteiger charge is -2.14. The fraction of sp³-hybridized carbons (Fsp3) is 0.375. The molecule has 2 atom stereocenters. The highest BCUT2D eigenvalue weighted by Gasteiger charge is 2.25. The van der Waals surface area contributed by atoms with Gasteiger partial charge >= 0.3 is 0 Å². The van der Waals surface area contributed by atoms with Crippen molar-refractivity contribution in [2.75, 3.05) is 19.6 Å². The summed E-state index contributed by atoms with van der Waals surface area (Å²) in [6, 6.07) is 7.74. The Balaban J connectivity index is 1.71. The second-order valence-electron chi connectivity index (χ2n) is 5.73. The van der Waals surface area contributed by atoms with Gasteiger partial charge in [-0.05, 0) is 31.2 Å². The van der Waals surface area contributed by atoms with Crippen LogP contribution in [0.5, 0.6) is 0 Å². The number of amides is 1. The Kier molecular flexibility index (Phi) is 4.79. The van der Waals surface area contributed by atoms with Crippen LogP contribution in [0.15, 0.2) is 34.9 Å². The first-order valence-corrected chi connectivity index (χ1v) is 8.33. The van der Waals surface area contributed by atoms with E-state index in [-0.39, 0.29) is 11.8 Å². The normalized spacial score (nSPS) is 20.7. The Morgan fingerprint density at radius 2 is 2.17 bits per heavy atom. The summed E-state index contributed by atoms with van der Waals surface area (Å²) in [5.74, 6) is -0.106. The van der Waals surface area contributed by atoms with Gasteiger partial charge in [-0.2, -0.15) is 5.10 Å². The largest absolute Gasteiger partial charge is 0.391 e. The number of aliphatic hydroxyl groups excluding tert-OH is 1. The maximum Gasteiger partial charge on any atom is 0.254 e. The van der Waals surface area contributed by atoms with Gasteiger partial charge < -0.3 is 15.7 Å². The summed E-state index contributed by atoms with van der Waals surface area (Å²) >= 11 is 3.40. The third-order valence-corrected chi connectivity index (χ3v) is 4.68. The van der Waals surface area contributed by atoms with E-state index < -0.39 is 6.10 Å². The molecule has 0 bridgehead atoms. The molecule has 0 aliphatic carbocycles. The van der Waals surface area contributed by atoms with Crippen molar-refractivity contribution in [1.29, 1.82) is 0 Å². The van der Waals surface area contributed by atoms with E-state index >= 15 is 0 Å². The minimum Gasteiger partial charge on any atom is -0.391 e. The van der Waals surface area contributed by atoms with Gasteiger partial charge in [0.25, 0.3) is 5.91 Å². The van der Waals surface area contributed by atoms with Crippen molar-refractivity contribution in [3.63, 3.8) is 0 Å². The van der Waals surface area contributed by atoms with E-state index in [9.17, 15) is 9.90 Å². The van der Waals surface area contributed by atoms with Gasteiger partial charge in [0.05, 0.1) is 29.2 Å². The van der Waals surface area contributed by atoms with E-state index in [4.69, 9.17) is 0 Å². The Morgan fingerprint density at radius 1 is 1.43 bits per heavy atom. The van der Waals surface area contributed by atoms with E-state index in [0.717, 1.165) is 22.4 Å². The highest BCUT2D eigenvalue weighted by Crippen LogP contribution is 2.17. The highest BCUT2D eigenvalue weighted by molar-refractivity contribution is 9.10. The Bertz CT molecular complexity index is 699. The SMILES string of the molecule is Cc1c(C(=O)NCC2CNCC2O)cnn1-c1ccc(Br)cc1. The average molecular weight is 379 g/mol. The molecule has 1 aliphatic heterocycles. The van der Waals surface area contributed by atoms with Crippen molar-refractivity contribution in [1.82, 2.24) is 20.4 Å². The number of rotatable bonds is 4. The first-order chi connectivity index (χ1) is 11.1. The molecule has 7 heteroatoms. The first-order valence-electron chi connectivity index (χ1n) is 7.54. The van der Waals surface area contributed by atoms with Crippen molar-refractivity contribution in [3.8, 4) is 5.69 Å². The molecule has 1 aliphatic rings. The summed E-state index contributed by atoms with van der Waals surface area (Å²) in [6.07, 6.45) is 1.18. The van der Waals surface area contributed by atoms with Crippen molar-refractivity contribution < 1.29 is 9.90 Å². The number of benzene rings is 1. The van der Waals surface area contributed by atoms with Crippen LogP contribution in [0, 0.1) is 12.8 Å². The number of β-amino-alcohol motifs (C(OH)–C–C–N with tert-alkyl or cyclic N) is 1. The van der Waals surface area contributed by atoms with Crippen LogP contribution in [0.4, 0.5) is 0 Å². The van der Waals surface area contributed by atoms with Gasteiger partial charge in [0, 0.05) is 30.0 Å². The predicted molar refractivity (Wildman–Crippen MR) is 90.7 cm³/mol. The van der Waals surface area contributed by atoms with Crippen LogP contribution in [-0.2, 0) is 0 Å². The molecule has 0 spiro atoms. The van der Waals surface area contributed by atoms with E-state index in [1.807, 2.05) is 31.2 Å². The number of carbonyl (C=O) groups excluding carboxylic acids is 1. The van der Waals surface area contributed by atoms with Gasteiger partial charge in [0.2, 0.25) is 0 Å². The summed E-state index contributed by atoms with van der Waals surface area (Å²) in [6.45, 7) is 3.63. The first kappa shape index (κ1) is 16.2. The number of halogens is 1. The lowest BCUT2D eigenvalue weighted by Crippen LogP contribution is -2.34. The van der Waals surface area contributed by atoms with Crippen LogP contribution >= 0.6 is 15.9 Å². The lowest BCUT2D eigenvalue weighted by atomic mass is 10.1. The fourth-order valence-corrected chi connectivity index (χ4v) is 2.99. The van der Waals surface area contributed by atoms with Crippen LogP contribution in [-0.4, -0.2) is 46.5 Å². The monoisotopic (exact) mass is 378 g/mol. The van der Waals surface area contributed by atoms with Gasteiger partial charge in [-0.25, -0.2) is 4.68 Å². The van der Waals surface area contributed by atoms with Crippen molar-refractivity contribution in [2.24, 2.45) is 5.92 Å². The van der Waals surface area contributed by atoms with Gasteiger partial charge in [-0.15, -0.1) is 0 Å². The number of aliphatic hydroxyl groups is 1. The van der Waals surface area contributed by atoms with E-state index in [1.54, 1.807) is 10.9 Å². The molecule has 1 fully saturated rings. The summed E-state index contributed by atoms with van der Waals surface area (Å²) in [5, 5.41) is 20.1. The van der Waals surface area contributed by atoms with Crippen LogP contribution in [0.1, 0.15) is 16.1 Å². The maximum absolute atomic E-state index is 12.4. The molecular weight excluding hydrogens is 360 g/mol. The van der Waals surface area contributed by atoms with E-state index in [0.29, 0.717) is 18.7 Å². The summed E-state index contributed by atoms with van der Waals surface area (Å²) in [7, 11) is 0. The van der Waals surface area contributed by atoms with E-state index in [1.165, 1.54) is 0 Å². The van der Waals surface area contributed by atoms with Crippen molar-refractivity contribution in [3.05, 3.63) is 46.2 Å². The molecule has 23 heavy (non-hydrogen) atoms. The standard InChI is InChI=1S/C16H19BrN4O2/c1-10-14(16(23)19-7-11-6-18-9-15(11)22)8-20-21(10)13-4-2-12(17)3-5-13/h2-5,8,11,15,18,22H,6-7,9H2,1H3,(H,19,23). The van der Waals surface area contributed by atoms with Crippen LogP contribution in [0.2, 0.25) is 0 Å². The van der Waals surface area contributed by atoms with Gasteiger partial charge in [0.15, 0.2) is 0 Å². The van der Waals surface area contributed by atoms with Crippen LogP contribution in [0.3, 0.4) is 0 Å². The number of hydrogen-bond donors (Lipinski definition) is 3. The molecule has 1 amide bonds. The minimum absolute atomic E-state index is 0.0563. The predicted octanol–water partition coefficient (Wildman–Crippen LogP) is 1.25. The van der Waals surface area contributed by atoms with Gasteiger partial charge in [-0.3, -0.25) is 4.79 Å². The molecule has 1 aromatic heterocycles. The van der Waals surface area contributed by atoms with Crippen molar-refractivity contribution in [2.45, 2.75) is 13.0 Å². The lowest BCUT2D eigenvalue weighted by molar-refractivity contribution is 0.0926. The quantitative estimate of drug-likeness (QED) is 0.747. The fourth-order valence-electron chi connectivity index (χ4n) is 2.72. The molecule has 2 unspecified atom stereocenters. The molecule has 2 aromatic rings. The van der Waals surface area contributed by atoms with Crippen LogP contribution in [0.25, 0.3) is 5.69 Å². The van der Waals surface area contributed by atoms with E-state index in [2.05, 4.69) is 31.7 Å². The number of nitrogens with zero attached hydrogens (tertiary/aromatic N) is 2. The third-order valence-electron chi connectivity index (χ3n) is 4.15. The summed E-state index contributed by atoms with van der Waals surface area (Å²) < 4.78 is 2.74. The molecule has 3 rings (SSSR count). The Hall–Kier alpha value is -1.70. The number of aromatic nitrogens is 2. The minimum atomic E-state index is -0.401. The van der Waals surface area contributed by atoms with Crippen LogP contribution < -0.4 is 10.6 Å². The molecule has 2 heterocycles. The molecule has 1 saturated heterocycles. The molecular formula is C16H19BrN4O2. The number of hydrogen-bond acceptors (Lipinski definition) is 4. The molecule has 0 saturated carbocycles. The molecule has 3 N–H and O–H groups in total. The zero-order valence-corrected chi connectivity index (χ0v) is 14.4. The highest BCUT2D eigenvalue weighted by atomic mass is 79.9. The van der Waals surface area contributed by atoms with Gasteiger partial charge in [0.1, 0.15) is 0 Å². The Morgan fingerprint density at radius 3 is 2.83 bits per heavy atom. The third kappa shape index (κ3) is 3.46. The average Bonchev–Trinajstić information content (AvgIpc) is 3.12. The summed E-state index contributed by atoms with van der Waals surface area (Å²) in [5.41, 5.74) is 2.24. The number of carbonyl (C=O) groups is 1. The summed E-state index contributed by atoms with van der Waals surface area (Å²) in [4.78, 5) is 12.4. The maximum atomic E-state index is 12.4. The molecule has 1 aromatic carbocycles. The molecule has 6 nitrogen and oxygen atoms in total. The molecule has 122 valence electrons. The van der Waals surface area contributed by atoms with Crippen molar-refractivity contribution >= 4 is 21.8 Å². The Labute approximate surface area is 143 Å².